The minimum Gasteiger partial charge on any atom is -0.316 e. The van der Waals surface area contributed by atoms with Gasteiger partial charge in [-0.1, -0.05) is 12.1 Å². The molecule has 1 N–H and O–H groups in total. The summed E-state index contributed by atoms with van der Waals surface area (Å²) in [5.41, 5.74) is 2.17. The number of hydrogen-bond acceptors (Lipinski definition) is 2. The summed E-state index contributed by atoms with van der Waals surface area (Å²) in [6.45, 7) is 2.96. The van der Waals surface area contributed by atoms with Crippen LogP contribution >= 0.6 is 0 Å². The van der Waals surface area contributed by atoms with Gasteiger partial charge in [0.2, 0.25) is 0 Å². The maximum atomic E-state index is 12.3. The van der Waals surface area contributed by atoms with E-state index in [1.165, 1.54) is 12.8 Å². The molecule has 2 heterocycles. The zero-order valence-corrected chi connectivity index (χ0v) is 10.7. The molecule has 1 unspecified atom stereocenters. The van der Waals surface area contributed by atoms with E-state index in [0.717, 1.165) is 30.7 Å². The predicted octanol–water partition coefficient (Wildman–Crippen LogP) is 1.34. The molecule has 0 spiro atoms. The van der Waals surface area contributed by atoms with E-state index in [4.69, 9.17) is 0 Å². The van der Waals surface area contributed by atoms with Crippen molar-refractivity contribution in [3.63, 3.8) is 0 Å². The lowest BCUT2D eigenvalue weighted by Crippen LogP contribution is -2.34. The highest BCUT2D eigenvalue weighted by atomic mass is 16.1. The number of nitrogens with one attached hydrogen (secondary N) is 1. The second-order valence-electron chi connectivity index (χ2n) is 5.15. The summed E-state index contributed by atoms with van der Waals surface area (Å²) in [5, 5.41) is 3.41. The van der Waals surface area contributed by atoms with E-state index in [9.17, 15) is 4.79 Å². The van der Waals surface area contributed by atoms with Crippen LogP contribution in [0.15, 0.2) is 29.1 Å². The minimum absolute atomic E-state index is 0.0989. The number of aryl methyl sites for hydroxylation is 1. The molecular formula is C14H19N3O. The molecule has 2 aromatic rings. The third-order valence-corrected chi connectivity index (χ3v) is 3.89. The number of aromatic nitrogens is 2. The van der Waals surface area contributed by atoms with Crippen LogP contribution in [0.2, 0.25) is 0 Å². The van der Waals surface area contributed by atoms with Crippen molar-refractivity contribution < 1.29 is 0 Å². The fourth-order valence-corrected chi connectivity index (χ4v) is 2.88. The number of para-hydroxylation sites is 2. The normalized spacial score (nSPS) is 20.4. The first-order valence-corrected chi connectivity index (χ1v) is 6.62. The standard InChI is InChI=1S/C14H19N3O/c1-16-12-6-2-3-7-13(12)17(14(16)18)10-11-5-4-8-15-9-11/h2-3,6-7,11,15H,4-5,8-10H2,1H3. The van der Waals surface area contributed by atoms with E-state index < -0.39 is 0 Å². The van der Waals surface area contributed by atoms with Gasteiger partial charge in [-0.05, 0) is 44.0 Å². The Morgan fingerprint density at radius 3 is 2.83 bits per heavy atom. The van der Waals surface area contributed by atoms with Crippen molar-refractivity contribution in [2.24, 2.45) is 13.0 Å². The lowest BCUT2D eigenvalue weighted by Gasteiger charge is -2.22. The van der Waals surface area contributed by atoms with Crippen LogP contribution in [0.1, 0.15) is 12.8 Å². The van der Waals surface area contributed by atoms with E-state index in [0.29, 0.717) is 5.92 Å². The van der Waals surface area contributed by atoms with Gasteiger partial charge < -0.3 is 5.32 Å². The van der Waals surface area contributed by atoms with Gasteiger partial charge in [0.05, 0.1) is 11.0 Å². The Morgan fingerprint density at radius 2 is 2.11 bits per heavy atom. The number of piperidine rings is 1. The molecule has 3 rings (SSSR count). The van der Waals surface area contributed by atoms with Crippen molar-refractivity contribution in [1.29, 1.82) is 0 Å². The topological polar surface area (TPSA) is 39.0 Å². The minimum atomic E-state index is 0.0989. The third-order valence-electron chi connectivity index (χ3n) is 3.89. The Hall–Kier alpha value is -1.55. The lowest BCUT2D eigenvalue weighted by atomic mass is 10.00. The Labute approximate surface area is 106 Å². The highest BCUT2D eigenvalue weighted by Gasteiger charge is 2.17. The van der Waals surface area contributed by atoms with Crippen LogP contribution in [0, 0.1) is 5.92 Å². The highest BCUT2D eigenvalue weighted by molar-refractivity contribution is 5.75. The van der Waals surface area contributed by atoms with Crippen molar-refractivity contribution in [2.45, 2.75) is 19.4 Å². The molecule has 4 heteroatoms. The smallest absolute Gasteiger partial charge is 0.316 e. The molecule has 1 aromatic heterocycles. The van der Waals surface area contributed by atoms with Gasteiger partial charge >= 0.3 is 5.69 Å². The van der Waals surface area contributed by atoms with E-state index in [1.807, 2.05) is 35.9 Å². The average Bonchev–Trinajstić information content (AvgIpc) is 2.66. The maximum absolute atomic E-state index is 12.3. The van der Waals surface area contributed by atoms with Gasteiger partial charge in [-0.15, -0.1) is 0 Å². The second-order valence-corrected chi connectivity index (χ2v) is 5.15. The first-order valence-electron chi connectivity index (χ1n) is 6.62. The van der Waals surface area contributed by atoms with E-state index >= 15 is 0 Å². The van der Waals surface area contributed by atoms with Crippen LogP contribution in [-0.4, -0.2) is 22.2 Å². The molecule has 4 nitrogen and oxygen atoms in total. The molecule has 1 aliphatic rings. The molecule has 0 aliphatic carbocycles. The average molecular weight is 245 g/mol. The monoisotopic (exact) mass is 245 g/mol. The molecule has 0 radical (unpaired) electrons. The summed E-state index contributed by atoms with van der Waals surface area (Å²) < 4.78 is 3.67. The largest absolute Gasteiger partial charge is 0.328 e. The quantitative estimate of drug-likeness (QED) is 0.867. The fraction of sp³-hybridized carbons (Fsp3) is 0.500. The molecule has 0 saturated carbocycles. The lowest BCUT2D eigenvalue weighted by molar-refractivity contribution is 0.336. The summed E-state index contributed by atoms with van der Waals surface area (Å²) in [6.07, 6.45) is 2.42. The van der Waals surface area contributed by atoms with Crippen molar-refractivity contribution in [2.75, 3.05) is 13.1 Å². The van der Waals surface area contributed by atoms with Crippen LogP contribution in [0.25, 0.3) is 11.0 Å². The summed E-state index contributed by atoms with van der Waals surface area (Å²) in [7, 11) is 1.85. The summed E-state index contributed by atoms with van der Waals surface area (Å²) >= 11 is 0. The van der Waals surface area contributed by atoms with Crippen molar-refractivity contribution in [3.8, 4) is 0 Å². The van der Waals surface area contributed by atoms with Gasteiger partial charge in [0, 0.05) is 13.6 Å². The molecule has 96 valence electrons. The van der Waals surface area contributed by atoms with Crippen molar-refractivity contribution in [1.82, 2.24) is 14.5 Å². The molecule has 18 heavy (non-hydrogen) atoms. The Morgan fingerprint density at radius 1 is 1.33 bits per heavy atom. The molecule has 0 amide bonds. The van der Waals surface area contributed by atoms with Crippen LogP contribution in [0.4, 0.5) is 0 Å². The van der Waals surface area contributed by atoms with Gasteiger partial charge in [-0.25, -0.2) is 4.79 Å². The number of imidazole rings is 1. The van der Waals surface area contributed by atoms with Gasteiger partial charge in [-0.2, -0.15) is 0 Å². The number of hydrogen-bond donors (Lipinski definition) is 1. The first kappa shape index (κ1) is 11.5. The number of fused-ring (bicyclic) bond motifs is 1. The Bertz CT molecular complexity index is 605. The van der Waals surface area contributed by atoms with Gasteiger partial charge in [0.25, 0.3) is 0 Å². The van der Waals surface area contributed by atoms with E-state index in [1.54, 1.807) is 4.57 Å². The van der Waals surface area contributed by atoms with E-state index in [-0.39, 0.29) is 5.69 Å². The maximum Gasteiger partial charge on any atom is 0.328 e. The molecule has 1 aliphatic heterocycles. The zero-order chi connectivity index (χ0) is 12.5. The molecular weight excluding hydrogens is 226 g/mol. The molecule has 1 saturated heterocycles. The molecule has 1 atom stereocenters. The van der Waals surface area contributed by atoms with Crippen LogP contribution in [-0.2, 0) is 13.6 Å². The summed E-state index contributed by atoms with van der Waals surface area (Å²) in [6, 6.07) is 8.02. The fourth-order valence-electron chi connectivity index (χ4n) is 2.88. The highest BCUT2D eigenvalue weighted by Crippen LogP contribution is 2.16. The zero-order valence-electron chi connectivity index (χ0n) is 10.7. The summed E-state index contributed by atoms with van der Waals surface area (Å²) in [5.74, 6) is 0.572. The van der Waals surface area contributed by atoms with E-state index in [2.05, 4.69) is 5.32 Å². The van der Waals surface area contributed by atoms with Crippen LogP contribution in [0.5, 0.6) is 0 Å². The summed E-state index contributed by atoms with van der Waals surface area (Å²) in [4.78, 5) is 12.3. The molecule has 1 fully saturated rings. The number of benzene rings is 1. The van der Waals surface area contributed by atoms with Crippen LogP contribution < -0.4 is 11.0 Å². The number of nitrogens with zero attached hydrogens (tertiary/aromatic N) is 2. The molecule has 1 aromatic carbocycles. The Balaban J connectivity index is 2.00. The van der Waals surface area contributed by atoms with Gasteiger partial charge in [-0.3, -0.25) is 9.13 Å². The number of rotatable bonds is 2. The first-order chi connectivity index (χ1) is 8.77. The van der Waals surface area contributed by atoms with Crippen molar-refractivity contribution in [3.05, 3.63) is 34.7 Å². The molecule has 0 bridgehead atoms. The SMILES string of the molecule is Cn1c(=O)n(CC2CCCNC2)c2ccccc21. The third kappa shape index (κ3) is 1.86. The second kappa shape index (κ2) is 4.61. The van der Waals surface area contributed by atoms with Gasteiger partial charge in [0.1, 0.15) is 0 Å². The van der Waals surface area contributed by atoms with Crippen molar-refractivity contribution >= 4 is 11.0 Å². The Kier molecular flexibility index (Phi) is 2.96. The van der Waals surface area contributed by atoms with Gasteiger partial charge in [0.15, 0.2) is 0 Å². The predicted molar refractivity (Wildman–Crippen MR) is 72.8 cm³/mol. The van der Waals surface area contributed by atoms with Crippen LogP contribution in [0.3, 0.4) is 0 Å².